The predicted molar refractivity (Wildman–Crippen MR) is 75.6 cm³/mol. The Morgan fingerprint density at radius 1 is 1.22 bits per heavy atom. The van der Waals surface area contributed by atoms with Crippen LogP contribution in [0.25, 0.3) is 0 Å². The Labute approximate surface area is 133 Å². The van der Waals surface area contributed by atoms with Crippen LogP contribution in [0, 0.1) is 11.8 Å². The number of esters is 2. The van der Waals surface area contributed by atoms with Gasteiger partial charge in [0.05, 0.1) is 11.4 Å². The number of hydrogen-bond donors (Lipinski definition) is 0. The largest absolute Gasteiger partial charge is 0.460 e. The van der Waals surface area contributed by atoms with E-state index in [9.17, 15) is 18.0 Å². The molecule has 5 unspecified atom stereocenters. The van der Waals surface area contributed by atoms with Crippen molar-refractivity contribution in [1.82, 2.24) is 0 Å². The number of fused-ring (bicyclic) bond motifs is 1. The van der Waals surface area contributed by atoms with Crippen molar-refractivity contribution >= 4 is 22.1 Å². The molecule has 0 radical (unpaired) electrons. The summed E-state index contributed by atoms with van der Waals surface area (Å²) in [6.45, 7) is 2.82. The highest BCUT2D eigenvalue weighted by Gasteiger charge is 2.64. The lowest BCUT2D eigenvalue weighted by Gasteiger charge is -2.24. The third-order valence-corrected chi connectivity index (χ3v) is 6.34. The summed E-state index contributed by atoms with van der Waals surface area (Å²) in [5.41, 5.74) is 0. The van der Waals surface area contributed by atoms with E-state index in [2.05, 4.69) is 11.3 Å². The molecule has 1 aliphatic heterocycles. The fourth-order valence-electron chi connectivity index (χ4n) is 3.67. The van der Waals surface area contributed by atoms with E-state index in [1.807, 2.05) is 0 Å². The van der Waals surface area contributed by atoms with Crippen LogP contribution in [0.15, 0.2) is 12.7 Å². The van der Waals surface area contributed by atoms with Crippen LogP contribution in [0.4, 0.5) is 0 Å². The highest BCUT2D eigenvalue weighted by atomic mass is 32.2. The molecule has 2 bridgehead atoms. The summed E-state index contributed by atoms with van der Waals surface area (Å²) in [4.78, 5) is 22.4. The van der Waals surface area contributed by atoms with Gasteiger partial charge in [-0.05, 0) is 18.8 Å². The van der Waals surface area contributed by atoms with Crippen LogP contribution < -0.4 is 0 Å². The minimum absolute atomic E-state index is 0.0238. The second kappa shape index (κ2) is 6.21. The van der Waals surface area contributed by atoms with Gasteiger partial charge in [0.2, 0.25) is 0 Å². The fraction of sp³-hybridized carbons (Fsp3) is 0.714. The Balaban J connectivity index is 1.41. The predicted octanol–water partition coefficient (Wildman–Crippen LogP) is -0.219. The maximum absolute atomic E-state index is 11.8. The van der Waals surface area contributed by atoms with Crippen LogP contribution in [0.1, 0.15) is 12.8 Å². The topological polar surface area (TPSA) is 105 Å². The summed E-state index contributed by atoms with van der Waals surface area (Å²) in [6, 6.07) is 0. The Morgan fingerprint density at radius 3 is 2.70 bits per heavy atom. The number of carbonyl (C=O) groups excluding carboxylic acids is 2. The van der Waals surface area contributed by atoms with Gasteiger partial charge in [-0.1, -0.05) is 6.58 Å². The first-order valence-electron chi connectivity index (χ1n) is 7.41. The van der Waals surface area contributed by atoms with Crippen molar-refractivity contribution < 1.29 is 36.4 Å². The first-order valence-corrected chi connectivity index (χ1v) is 8.88. The lowest BCUT2D eigenvalue weighted by atomic mass is 9.94. The van der Waals surface area contributed by atoms with E-state index in [1.165, 1.54) is 0 Å². The van der Waals surface area contributed by atoms with Gasteiger partial charge in [-0.2, -0.15) is 8.42 Å². The van der Waals surface area contributed by atoms with Gasteiger partial charge in [-0.3, -0.25) is 4.18 Å². The average Bonchev–Trinajstić information content (AvgIpc) is 3.12. The minimum atomic E-state index is -3.48. The average molecular weight is 346 g/mol. The van der Waals surface area contributed by atoms with Crippen LogP contribution in [0.5, 0.6) is 0 Å². The monoisotopic (exact) mass is 346 g/mol. The number of hydrogen-bond acceptors (Lipinski definition) is 8. The van der Waals surface area contributed by atoms with Gasteiger partial charge in [0.25, 0.3) is 10.1 Å². The van der Waals surface area contributed by atoms with Crippen LogP contribution in [-0.4, -0.2) is 57.6 Å². The summed E-state index contributed by atoms with van der Waals surface area (Å²) < 4.78 is 43.8. The summed E-state index contributed by atoms with van der Waals surface area (Å²) >= 11 is 0. The third-order valence-electron chi connectivity index (χ3n) is 4.56. The Morgan fingerprint density at radius 2 is 1.96 bits per heavy atom. The molecule has 8 nitrogen and oxygen atoms in total. The fourth-order valence-corrected chi connectivity index (χ4v) is 5.56. The molecule has 9 heteroatoms. The van der Waals surface area contributed by atoms with Crippen LogP contribution >= 0.6 is 0 Å². The van der Waals surface area contributed by atoms with Crippen molar-refractivity contribution in [2.75, 3.05) is 19.8 Å². The molecule has 128 valence electrons. The molecule has 1 heterocycles. The zero-order valence-corrected chi connectivity index (χ0v) is 13.2. The van der Waals surface area contributed by atoms with Crippen molar-refractivity contribution in [1.29, 1.82) is 0 Å². The van der Waals surface area contributed by atoms with E-state index < -0.39 is 33.4 Å². The van der Waals surface area contributed by atoms with E-state index in [1.54, 1.807) is 0 Å². The lowest BCUT2D eigenvalue weighted by molar-refractivity contribution is -0.157. The highest BCUT2D eigenvalue weighted by Crippen LogP contribution is 2.55. The lowest BCUT2D eigenvalue weighted by Crippen LogP contribution is -2.37. The minimum Gasteiger partial charge on any atom is -0.460 e. The Bertz CT molecular complexity index is 612. The molecule has 0 aromatic heterocycles. The maximum atomic E-state index is 11.8. The van der Waals surface area contributed by atoms with Gasteiger partial charge in [0, 0.05) is 12.0 Å². The number of carbonyl (C=O) groups is 2. The van der Waals surface area contributed by atoms with Gasteiger partial charge in [0.1, 0.15) is 25.9 Å². The zero-order valence-electron chi connectivity index (χ0n) is 12.4. The molecule has 3 fully saturated rings. The van der Waals surface area contributed by atoms with Gasteiger partial charge in [0.15, 0.2) is 0 Å². The zero-order chi connectivity index (χ0) is 16.6. The van der Waals surface area contributed by atoms with Gasteiger partial charge in [-0.15, -0.1) is 0 Å². The van der Waals surface area contributed by atoms with Crippen molar-refractivity contribution in [3.05, 3.63) is 12.7 Å². The van der Waals surface area contributed by atoms with Crippen molar-refractivity contribution in [2.45, 2.75) is 30.3 Å². The molecule has 2 saturated carbocycles. The molecule has 0 aromatic carbocycles. The second-order valence-corrected chi connectivity index (χ2v) is 7.64. The van der Waals surface area contributed by atoms with E-state index in [-0.39, 0.29) is 37.8 Å². The molecular weight excluding hydrogens is 328 g/mol. The molecule has 2 aliphatic carbocycles. The van der Waals surface area contributed by atoms with E-state index in [4.69, 9.17) is 13.7 Å². The van der Waals surface area contributed by atoms with Crippen molar-refractivity contribution in [2.24, 2.45) is 11.8 Å². The molecule has 23 heavy (non-hydrogen) atoms. The standard InChI is InChI=1S/C14H18O8S/c1-2-11(15)19-3-4-20-12(16)7-21-13-8-5-9-10(6-8)23(17,18)22-14(9)13/h2,8-10,13-14H,1,3-7H2. The third kappa shape index (κ3) is 3.13. The van der Waals surface area contributed by atoms with E-state index in [0.29, 0.717) is 6.42 Å². The Hall–Kier alpha value is -1.45. The van der Waals surface area contributed by atoms with Gasteiger partial charge >= 0.3 is 11.9 Å². The first kappa shape index (κ1) is 16.4. The summed E-state index contributed by atoms with van der Waals surface area (Å²) in [5, 5.41) is -0.413. The molecule has 5 atom stereocenters. The molecule has 3 rings (SSSR count). The van der Waals surface area contributed by atoms with Gasteiger partial charge < -0.3 is 14.2 Å². The smallest absolute Gasteiger partial charge is 0.332 e. The summed E-state index contributed by atoms with van der Waals surface area (Å²) in [7, 11) is -3.48. The van der Waals surface area contributed by atoms with Crippen LogP contribution in [0.3, 0.4) is 0 Å². The molecule has 0 N–H and O–H groups in total. The second-order valence-electron chi connectivity index (χ2n) is 5.86. The quantitative estimate of drug-likeness (QED) is 0.270. The first-order chi connectivity index (χ1) is 10.9. The highest BCUT2D eigenvalue weighted by molar-refractivity contribution is 7.87. The molecule has 1 saturated heterocycles. The van der Waals surface area contributed by atoms with E-state index >= 15 is 0 Å². The van der Waals surface area contributed by atoms with Crippen LogP contribution in [-0.2, 0) is 38.1 Å². The van der Waals surface area contributed by atoms with Crippen molar-refractivity contribution in [3.63, 3.8) is 0 Å². The maximum Gasteiger partial charge on any atom is 0.332 e. The normalized spacial score (nSPS) is 35.9. The number of ether oxygens (including phenoxy) is 3. The van der Waals surface area contributed by atoms with Crippen LogP contribution in [0.2, 0.25) is 0 Å². The molecule has 0 amide bonds. The SMILES string of the molecule is C=CC(=O)OCCOC(=O)COC1C2CC3C1OS(=O)(=O)C3C2. The Kier molecular flexibility index (Phi) is 4.43. The number of rotatable bonds is 7. The molecule has 3 aliphatic rings. The summed E-state index contributed by atoms with van der Waals surface area (Å²) in [5.74, 6) is -1.11. The van der Waals surface area contributed by atoms with E-state index in [0.717, 1.165) is 12.5 Å². The molecular formula is C14H18O8S. The molecule has 0 aromatic rings. The summed E-state index contributed by atoms with van der Waals surface area (Å²) in [6.07, 6.45) is 1.43. The van der Waals surface area contributed by atoms with Crippen molar-refractivity contribution in [3.8, 4) is 0 Å². The molecule has 0 spiro atoms. The van der Waals surface area contributed by atoms with Gasteiger partial charge in [-0.25, -0.2) is 9.59 Å².